The quantitative estimate of drug-likeness (QED) is 0.520. The Morgan fingerprint density at radius 2 is 1.71 bits per heavy atom. The fraction of sp³-hybridized carbons (Fsp3) is 0.800. The van der Waals surface area contributed by atoms with Crippen LogP contribution in [-0.4, -0.2) is 61.8 Å². The molecule has 0 radical (unpaired) electrons. The van der Waals surface area contributed by atoms with Crippen LogP contribution >= 0.6 is 0 Å². The molecule has 1 rings (SSSR count). The second-order valence-electron chi connectivity index (χ2n) is 4.84. The number of carbonyl (C=O) groups is 2. The number of carboxylic acid groups (broad SMARTS) is 2. The first-order valence-corrected chi connectivity index (χ1v) is 9.56. The van der Waals surface area contributed by atoms with Crippen LogP contribution in [0.2, 0.25) is 0 Å². The van der Waals surface area contributed by atoms with Gasteiger partial charge in [-0.3, -0.25) is 9.59 Å². The molecule has 11 heteroatoms. The van der Waals surface area contributed by atoms with Gasteiger partial charge in [0, 0.05) is 6.42 Å². The monoisotopic (exact) mass is 343 g/mol. The Labute approximate surface area is 122 Å². The molecule has 1 heterocycles. The molecule has 1 aliphatic rings. The summed E-state index contributed by atoms with van der Waals surface area (Å²) in [5.41, 5.74) is 0. The van der Waals surface area contributed by atoms with E-state index in [0.717, 1.165) is 0 Å². The van der Waals surface area contributed by atoms with Gasteiger partial charge in [0.2, 0.25) is 10.0 Å². The SMILES string of the molecule is O=C(O)CCC(NS(=O)(=O)C1CCS(=O)(=O)CC1)C(=O)O. The van der Waals surface area contributed by atoms with Crippen molar-refractivity contribution in [3.05, 3.63) is 0 Å². The van der Waals surface area contributed by atoms with Gasteiger partial charge < -0.3 is 10.2 Å². The van der Waals surface area contributed by atoms with Crippen LogP contribution in [0.1, 0.15) is 25.7 Å². The number of sulfonamides is 1. The molecule has 0 spiro atoms. The molecule has 1 atom stereocenters. The van der Waals surface area contributed by atoms with E-state index in [1.807, 2.05) is 4.72 Å². The zero-order valence-electron chi connectivity index (χ0n) is 11.1. The lowest BCUT2D eigenvalue weighted by Crippen LogP contribution is -2.47. The Kier molecular flexibility index (Phi) is 5.70. The molecule has 3 N–H and O–H groups in total. The van der Waals surface area contributed by atoms with Crippen molar-refractivity contribution < 1.29 is 36.6 Å². The normalized spacial score (nSPS) is 20.8. The van der Waals surface area contributed by atoms with Crippen molar-refractivity contribution in [1.29, 1.82) is 0 Å². The molecule has 1 aliphatic heterocycles. The summed E-state index contributed by atoms with van der Waals surface area (Å²) in [6.07, 6.45) is -1.06. The molecule has 0 aromatic heterocycles. The van der Waals surface area contributed by atoms with Crippen molar-refractivity contribution in [2.45, 2.75) is 37.0 Å². The molecule has 9 nitrogen and oxygen atoms in total. The standard InChI is InChI=1S/C10H17NO8S2/c12-9(13)2-1-8(10(14)15)11-21(18,19)7-3-5-20(16,17)6-4-7/h7-8,11H,1-6H2,(H,12,13)(H,14,15). The van der Waals surface area contributed by atoms with Gasteiger partial charge in [0.25, 0.3) is 0 Å². The van der Waals surface area contributed by atoms with Crippen molar-refractivity contribution in [1.82, 2.24) is 4.72 Å². The van der Waals surface area contributed by atoms with E-state index in [0.29, 0.717) is 0 Å². The highest BCUT2D eigenvalue weighted by molar-refractivity contribution is 7.92. The topological polar surface area (TPSA) is 155 Å². The summed E-state index contributed by atoms with van der Waals surface area (Å²) in [6.45, 7) is 0. The Morgan fingerprint density at radius 3 is 2.14 bits per heavy atom. The summed E-state index contributed by atoms with van der Waals surface area (Å²) < 4.78 is 48.6. The van der Waals surface area contributed by atoms with Gasteiger partial charge in [-0.2, -0.15) is 0 Å². The predicted octanol–water partition coefficient (Wildman–Crippen LogP) is -1.20. The van der Waals surface area contributed by atoms with Gasteiger partial charge in [-0.1, -0.05) is 0 Å². The number of carboxylic acids is 2. The van der Waals surface area contributed by atoms with Crippen molar-refractivity contribution >= 4 is 31.8 Å². The van der Waals surface area contributed by atoms with Crippen LogP contribution in [-0.2, 0) is 29.4 Å². The average Bonchev–Trinajstić information content (AvgIpc) is 2.33. The zero-order chi connectivity index (χ0) is 16.3. The summed E-state index contributed by atoms with van der Waals surface area (Å²) in [5.74, 6) is -3.22. The third-order valence-corrected chi connectivity index (χ3v) is 6.87. The van der Waals surface area contributed by atoms with Crippen molar-refractivity contribution in [3.8, 4) is 0 Å². The summed E-state index contributed by atoms with van der Waals surface area (Å²) in [7, 11) is -7.24. The van der Waals surface area contributed by atoms with E-state index in [9.17, 15) is 26.4 Å². The third-order valence-electron chi connectivity index (χ3n) is 3.19. The summed E-state index contributed by atoms with van der Waals surface area (Å²) in [5, 5.41) is 16.4. The molecule has 0 amide bonds. The van der Waals surface area contributed by atoms with Crippen LogP contribution in [0.3, 0.4) is 0 Å². The Bertz CT molecular complexity index is 595. The first-order valence-electron chi connectivity index (χ1n) is 6.19. The summed E-state index contributed by atoms with van der Waals surface area (Å²) >= 11 is 0. The van der Waals surface area contributed by atoms with Gasteiger partial charge in [0.05, 0.1) is 16.8 Å². The molecule has 1 saturated heterocycles. The van der Waals surface area contributed by atoms with Crippen LogP contribution < -0.4 is 4.72 Å². The molecule has 0 aromatic rings. The molecule has 0 aromatic carbocycles. The number of hydrogen-bond acceptors (Lipinski definition) is 6. The summed E-state index contributed by atoms with van der Waals surface area (Å²) in [4.78, 5) is 21.4. The lowest BCUT2D eigenvalue weighted by atomic mass is 10.2. The minimum Gasteiger partial charge on any atom is -0.481 e. The molecule has 0 bridgehead atoms. The van der Waals surface area contributed by atoms with Gasteiger partial charge in [-0.05, 0) is 19.3 Å². The first-order chi connectivity index (χ1) is 9.53. The second-order valence-corrected chi connectivity index (χ2v) is 9.13. The molecule has 0 saturated carbocycles. The van der Waals surface area contributed by atoms with Crippen molar-refractivity contribution in [2.75, 3.05) is 11.5 Å². The highest BCUT2D eigenvalue weighted by Crippen LogP contribution is 2.19. The largest absolute Gasteiger partial charge is 0.481 e. The maximum atomic E-state index is 12.0. The van der Waals surface area contributed by atoms with Gasteiger partial charge in [-0.25, -0.2) is 21.6 Å². The van der Waals surface area contributed by atoms with Crippen LogP contribution in [0.25, 0.3) is 0 Å². The summed E-state index contributed by atoms with van der Waals surface area (Å²) in [6, 6.07) is -1.54. The number of nitrogens with one attached hydrogen (secondary N) is 1. The minimum atomic E-state index is -4.01. The van der Waals surface area contributed by atoms with Crippen LogP contribution in [0, 0.1) is 0 Å². The van der Waals surface area contributed by atoms with Crippen LogP contribution in [0.15, 0.2) is 0 Å². The van der Waals surface area contributed by atoms with Gasteiger partial charge in [0.1, 0.15) is 15.9 Å². The Morgan fingerprint density at radius 1 is 1.19 bits per heavy atom. The van der Waals surface area contributed by atoms with E-state index >= 15 is 0 Å². The fourth-order valence-electron chi connectivity index (χ4n) is 1.97. The average molecular weight is 343 g/mol. The van der Waals surface area contributed by atoms with Gasteiger partial charge in [0.15, 0.2) is 0 Å². The lowest BCUT2D eigenvalue weighted by molar-refractivity contribution is -0.140. The Hall–Kier alpha value is -1.20. The highest BCUT2D eigenvalue weighted by Gasteiger charge is 2.35. The molecule has 0 aliphatic carbocycles. The number of aliphatic carboxylic acids is 2. The molecule has 1 fully saturated rings. The van der Waals surface area contributed by atoms with Crippen LogP contribution in [0.4, 0.5) is 0 Å². The molecular weight excluding hydrogens is 326 g/mol. The molecule has 21 heavy (non-hydrogen) atoms. The van der Waals surface area contributed by atoms with Crippen molar-refractivity contribution in [3.63, 3.8) is 0 Å². The van der Waals surface area contributed by atoms with E-state index in [4.69, 9.17) is 10.2 Å². The van der Waals surface area contributed by atoms with E-state index in [2.05, 4.69) is 0 Å². The number of hydrogen-bond donors (Lipinski definition) is 3. The zero-order valence-corrected chi connectivity index (χ0v) is 12.7. The third kappa shape index (κ3) is 5.59. The predicted molar refractivity (Wildman–Crippen MR) is 72.0 cm³/mol. The molecule has 122 valence electrons. The second kappa shape index (κ2) is 6.71. The smallest absolute Gasteiger partial charge is 0.321 e. The van der Waals surface area contributed by atoms with Crippen molar-refractivity contribution in [2.24, 2.45) is 0 Å². The minimum absolute atomic E-state index is 0.0943. The Balaban J connectivity index is 2.73. The first kappa shape index (κ1) is 17.9. The van der Waals surface area contributed by atoms with Gasteiger partial charge >= 0.3 is 11.9 Å². The fourth-order valence-corrected chi connectivity index (χ4v) is 5.43. The number of sulfone groups is 1. The maximum Gasteiger partial charge on any atom is 0.321 e. The van der Waals surface area contributed by atoms with Crippen LogP contribution in [0.5, 0.6) is 0 Å². The van der Waals surface area contributed by atoms with E-state index in [1.165, 1.54) is 0 Å². The van der Waals surface area contributed by atoms with E-state index < -0.39 is 49.5 Å². The lowest BCUT2D eigenvalue weighted by Gasteiger charge is -2.24. The maximum absolute atomic E-state index is 12.0. The highest BCUT2D eigenvalue weighted by atomic mass is 32.2. The van der Waals surface area contributed by atoms with E-state index in [1.54, 1.807) is 0 Å². The molecular formula is C10H17NO8S2. The molecule has 1 unspecified atom stereocenters. The van der Waals surface area contributed by atoms with Gasteiger partial charge in [-0.15, -0.1) is 0 Å². The number of rotatable bonds is 7. The van der Waals surface area contributed by atoms with E-state index in [-0.39, 0.29) is 30.8 Å².